The average molecular weight is 287 g/mol. The van der Waals surface area contributed by atoms with Crippen molar-refractivity contribution in [1.82, 2.24) is 4.37 Å². The molecule has 0 saturated heterocycles. The molecule has 0 aliphatic carbocycles. The first-order chi connectivity index (χ1) is 8.15. The number of hydrogen-bond acceptors (Lipinski definition) is 6. The van der Waals surface area contributed by atoms with Crippen LogP contribution in [0.4, 0.5) is 5.69 Å². The zero-order valence-corrected chi connectivity index (χ0v) is 11.1. The summed E-state index contributed by atoms with van der Waals surface area (Å²) < 4.78 is 9.52. The smallest absolute Gasteiger partial charge is 0.308 e. The van der Waals surface area contributed by atoms with Gasteiger partial charge >= 0.3 is 5.97 Å². The van der Waals surface area contributed by atoms with E-state index in [1.807, 2.05) is 0 Å². The van der Waals surface area contributed by atoms with Crippen LogP contribution >= 0.6 is 32.5 Å². The molecular weight excluding hydrogens is 280 g/mol. The van der Waals surface area contributed by atoms with Crippen LogP contribution in [0.2, 0.25) is 5.15 Å². The van der Waals surface area contributed by atoms with E-state index < -0.39 is 0 Å². The number of rotatable bonds is 2. The van der Waals surface area contributed by atoms with Crippen molar-refractivity contribution in [2.75, 3.05) is 0 Å². The standard InChI is InChI=1S/C10H7ClN2O2S2/c1-6(14)15-8-4-2-7(3-5-8)12-10-9(11)13-17-16-10/h2-5H,1H3. The fourth-order valence-corrected chi connectivity index (χ4v) is 3.09. The van der Waals surface area contributed by atoms with Crippen LogP contribution in [0.25, 0.3) is 0 Å². The van der Waals surface area contributed by atoms with Crippen molar-refractivity contribution in [3.63, 3.8) is 0 Å². The first kappa shape index (κ1) is 12.2. The highest BCUT2D eigenvalue weighted by molar-refractivity contribution is 7.66. The molecule has 0 bridgehead atoms. The Kier molecular flexibility index (Phi) is 3.88. The Morgan fingerprint density at radius 3 is 2.65 bits per heavy atom. The minimum atomic E-state index is -0.345. The fourth-order valence-electron chi connectivity index (χ4n) is 1.10. The topological polar surface area (TPSA) is 51.5 Å². The third kappa shape index (κ3) is 3.36. The zero-order valence-electron chi connectivity index (χ0n) is 8.71. The number of nitrogens with zero attached hydrogens (tertiary/aromatic N) is 2. The second-order valence-electron chi connectivity index (χ2n) is 3.04. The molecule has 88 valence electrons. The van der Waals surface area contributed by atoms with Crippen LogP contribution in [0.1, 0.15) is 6.92 Å². The maximum atomic E-state index is 10.7. The number of esters is 1. The molecular formula is C10H7ClN2O2S2. The lowest BCUT2D eigenvalue weighted by molar-refractivity contribution is -0.131. The molecule has 2 rings (SSSR count). The van der Waals surface area contributed by atoms with Crippen LogP contribution in [0.5, 0.6) is 5.75 Å². The number of carbonyl (C=O) groups excluding carboxylic acids is 1. The quantitative estimate of drug-likeness (QED) is 0.484. The molecule has 17 heavy (non-hydrogen) atoms. The molecule has 0 aliphatic rings. The molecule has 1 heterocycles. The third-order valence-electron chi connectivity index (χ3n) is 1.74. The molecule has 0 atom stereocenters. The van der Waals surface area contributed by atoms with Crippen molar-refractivity contribution in [1.29, 1.82) is 0 Å². The van der Waals surface area contributed by atoms with Crippen molar-refractivity contribution in [2.45, 2.75) is 6.92 Å². The van der Waals surface area contributed by atoms with Gasteiger partial charge in [0.1, 0.15) is 5.75 Å². The van der Waals surface area contributed by atoms with Gasteiger partial charge in [-0.1, -0.05) is 11.6 Å². The first-order valence-electron chi connectivity index (χ1n) is 4.60. The molecule has 4 nitrogen and oxygen atoms in total. The van der Waals surface area contributed by atoms with Gasteiger partial charge in [0.25, 0.3) is 0 Å². The van der Waals surface area contributed by atoms with Gasteiger partial charge in [0, 0.05) is 17.5 Å². The van der Waals surface area contributed by atoms with Gasteiger partial charge in [-0.05, 0) is 34.6 Å². The van der Waals surface area contributed by atoms with E-state index in [9.17, 15) is 4.79 Å². The molecule has 0 unspecified atom stereocenters. The van der Waals surface area contributed by atoms with Gasteiger partial charge in [-0.25, -0.2) is 4.99 Å². The minimum Gasteiger partial charge on any atom is -0.427 e. The number of ether oxygens (including phenoxy) is 1. The molecule has 0 saturated carbocycles. The number of halogens is 1. The number of aromatic nitrogens is 1. The van der Waals surface area contributed by atoms with Crippen molar-refractivity contribution in [3.05, 3.63) is 34.1 Å². The van der Waals surface area contributed by atoms with E-state index in [4.69, 9.17) is 16.3 Å². The van der Waals surface area contributed by atoms with E-state index in [2.05, 4.69) is 9.37 Å². The molecule has 7 heteroatoms. The summed E-state index contributed by atoms with van der Waals surface area (Å²) in [4.78, 5) is 15.0. The summed E-state index contributed by atoms with van der Waals surface area (Å²) >= 11 is 5.84. The monoisotopic (exact) mass is 286 g/mol. The number of benzene rings is 1. The van der Waals surface area contributed by atoms with Crippen LogP contribution in [0.3, 0.4) is 0 Å². The molecule has 0 aliphatic heterocycles. The Hall–Kier alpha value is -1.24. The maximum Gasteiger partial charge on any atom is 0.308 e. The summed E-state index contributed by atoms with van der Waals surface area (Å²) in [5.41, 5.74) is 0.735. The van der Waals surface area contributed by atoms with E-state index in [1.165, 1.54) is 27.8 Å². The second-order valence-corrected chi connectivity index (χ2v) is 5.23. The first-order valence-corrected chi connectivity index (χ1v) is 7.08. The van der Waals surface area contributed by atoms with Gasteiger partial charge in [0.2, 0.25) is 0 Å². The lowest BCUT2D eigenvalue weighted by atomic mass is 10.3. The van der Waals surface area contributed by atoms with E-state index in [0.717, 1.165) is 5.69 Å². The summed E-state index contributed by atoms with van der Waals surface area (Å²) in [5, 5.41) is 0.407. The summed E-state index contributed by atoms with van der Waals surface area (Å²) in [7, 11) is 2.70. The van der Waals surface area contributed by atoms with Gasteiger partial charge < -0.3 is 4.74 Å². The van der Waals surface area contributed by atoms with Crippen molar-refractivity contribution in [2.24, 2.45) is 4.99 Å². The van der Waals surface area contributed by atoms with Crippen molar-refractivity contribution >= 4 is 44.1 Å². The van der Waals surface area contributed by atoms with Crippen LogP contribution in [-0.2, 0) is 4.79 Å². The fraction of sp³-hybridized carbons (Fsp3) is 0.100. The Bertz CT molecular complexity index is 589. The van der Waals surface area contributed by atoms with E-state index in [0.29, 0.717) is 15.6 Å². The van der Waals surface area contributed by atoms with E-state index in [-0.39, 0.29) is 5.97 Å². The lowest BCUT2D eigenvalue weighted by Crippen LogP contribution is -2.00. The summed E-state index contributed by atoms with van der Waals surface area (Å²) in [6.07, 6.45) is 0. The van der Waals surface area contributed by atoms with Crippen LogP contribution < -0.4 is 9.41 Å². The highest BCUT2D eigenvalue weighted by atomic mass is 35.5. The van der Waals surface area contributed by atoms with Gasteiger partial charge in [0.05, 0.1) is 5.69 Å². The van der Waals surface area contributed by atoms with Crippen LogP contribution in [0.15, 0.2) is 29.3 Å². The molecule has 0 fully saturated rings. The Labute approximate surface area is 110 Å². The van der Waals surface area contributed by atoms with E-state index >= 15 is 0 Å². The summed E-state index contributed by atoms with van der Waals surface area (Å²) in [5.74, 6) is 0.150. The van der Waals surface area contributed by atoms with Gasteiger partial charge in [-0.2, -0.15) is 4.37 Å². The Morgan fingerprint density at radius 1 is 1.41 bits per heavy atom. The molecule has 2 aromatic rings. The predicted octanol–water partition coefficient (Wildman–Crippen LogP) is 3.02. The maximum absolute atomic E-state index is 10.7. The Morgan fingerprint density at radius 2 is 2.12 bits per heavy atom. The van der Waals surface area contributed by atoms with Crippen LogP contribution in [0, 0.1) is 0 Å². The molecule has 0 radical (unpaired) electrons. The normalized spacial score (nSPS) is 11.5. The second kappa shape index (κ2) is 5.39. The minimum absolute atomic E-state index is 0.345. The van der Waals surface area contributed by atoms with Gasteiger partial charge in [-0.15, -0.1) is 0 Å². The van der Waals surface area contributed by atoms with Gasteiger partial charge in [-0.3, -0.25) is 4.79 Å². The van der Waals surface area contributed by atoms with Crippen molar-refractivity contribution < 1.29 is 9.53 Å². The third-order valence-corrected chi connectivity index (χ3v) is 3.91. The average Bonchev–Trinajstić information content (AvgIpc) is 2.67. The van der Waals surface area contributed by atoms with E-state index in [1.54, 1.807) is 24.3 Å². The highest BCUT2D eigenvalue weighted by Crippen LogP contribution is 2.18. The largest absolute Gasteiger partial charge is 0.427 e. The molecule has 1 aromatic carbocycles. The zero-order chi connectivity index (χ0) is 12.3. The highest BCUT2D eigenvalue weighted by Gasteiger charge is 1.99. The summed E-state index contributed by atoms with van der Waals surface area (Å²) in [6, 6.07) is 6.86. The molecule has 1 aromatic heterocycles. The Balaban J connectivity index is 2.25. The SMILES string of the molecule is CC(=O)Oc1ccc(N=c2ssnc2Cl)cc1. The summed E-state index contributed by atoms with van der Waals surface area (Å²) in [6.45, 7) is 1.36. The van der Waals surface area contributed by atoms with Crippen LogP contribution in [-0.4, -0.2) is 10.3 Å². The number of hydrogen-bond donors (Lipinski definition) is 0. The van der Waals surface area contributed by atoms with Gasteiger partial charge in [0.15, 0.2) is 9.82 Å². The molecule has 0 amide bonds. The number of carbonyl (C=O) groups is 1. The lowest BCUT2D eigenvalue weighted by Gasteiger charge is -2.00. The molecule has 0 N–H and O–H groups in total. The van der Waals surface area contributed by atoms with Crippen molar-refractivity contribution in [3.8, 4) is 5.75 Å². The predicted molar refractivity (Wildman–Crippen MR) is 68.0 cm³/mol. The molecule has 0 spiro atoms.